The van der Waals surface area contributed by atoms with Gasteiger partial charge in [0, 0.05) is 25.5 Å². The molecule has 116 valence electrons. The molecule has 0 radical (unpaired) electrons. The molecule has 0 spiro atoms. The molecule has 1 unspecified atom stereocenters. The summed E-state index contributed by atoms with van der Waals surface area (Å²) in [5.41, 5.74) is 6.80. The second kappa shape index (κ2) is 5.45. The number of methoxy groups -OCH3 is 1. The van der Waals surface area contributed by atoms with Gasteiger partial charge in [0.2, 0.25) is 11.8 Å². The number of halogens is 1. The van der Waals surface area contributed by atoms with Crippen LogP contribution in [0.15, 0.2) is 18.6 Å². The molecule has 0 aliphatic carbocycles. The Morgan fingerprint density at radius 1 is 1.36 bits per heavy atom. The summed E-state index contributed by atoms with van der Waals surface area (Å²) in [6.45, 7) is 2.72. The third-order valence-corrected chi connectivity index (χ3v) is 3.82. The van der Waals surface area contributed by atoms with E-state index in [1.165, 1.54) is 7.11 Å². The minimum atomic E-state index is -0.618. The summed E-state index contributed by atoms with van der Waals surface area (Å²) in [6, 6.07) is 0. The van der Waals surface area contributed by atoms with E-state index in [1.807, 2.05) is 4.90 Å². The molecule has 1 fully saturated rings. The minimum absolute atomic E-state index is 0.0588. The summed E-state index contributed by atoms with van der Waals surface area (Å²) in [5, 5.41) is 0. The quantitative estimate of drug-likeness (QED) is 0.896. The van der Waals surface area contributed by atoms with Crippen molar-refractivity contribution in [2.24, 2.45) is 5.73 Å². The molecule has 0 aromatic carbocycles. The third kappa shape index (κ3) is 2.45. The van der Waals surface area contributed by atoms with E-state index in [0.717, 1.165) is 5.69 Å². The highest BCUT2D eigenvalue weighted by Gasteiger charge is 2.38. The Bertz CT molecular complexity index is 683. The van der Waals surface area contributed by atoms with Crippen LogP contribution in [0.3, 0.4) is 0 Å². The summed E-state index contributed by atoms with van der Waals surface area (Å²) in [7, 11) is 1.38. The Hall–Kier alpha value is -2.35. The van der Waals surface area contributed by atoms with Crippen molar-refractivity contribution in [3.63, 3.8) is 0 Å². The maximum absolute atomic E-state index is 13.8. The van der Waals surface area contributed by atoms with Crippen molar-refractivity contribution in [3.05, 3.63) is 35.8 Å². The van der Waals surface area contributed by atoms with Gasteiger partial charge >= 0.3 is 0 Å². The van der Waals surface area contributed by atoms with E-state index >= 15 is 0 Å². The van der Waals surface area contributed by atoms with E-state index in [0.29, 0.717) is 25.5 Å². The van der Waals surface area contributed by atoms with Crippen molar-refractivity contribution in [2.45, 2.75) is 18.9 Å². The lowest BCUT2D eigenvalue weighted by molar-refractivity contribution is 0.365. The zero-order valence-corrected chi connectivity index (χ0v) is 12.5. The molecule has 3 rings (SSSR count). The molecule has 1 atom stereocenters. The number of nitrogens with two attached hydrogens (primary N) is 1. The Morgan fingerprint density at radius 2 is 2.18 bits per heavy atom. The highest BCUT2D eigenvalue weighted by atomic mass is 19.1. The first-order valence-electron chi connectivity index (χ1n) is 6.92. The molecule has 7 nitrogen and oxygen atoms in total. The molecule has 0 bridgehead atoms. The fraction of sp³-hybridized carbons (Fsp3) is 0.429. The third-order valence-electron chi connectivity index (χ3n) is 3.82. The standard InChI is InChI=1S/C14H17FN6O/c1-9-11(15)12(22-2)20-13(19-9)21-6-3-14(16,8-21)10-7-17-4-5-18-10/h4-5,7H,3,6,8,16H2,1-2H3. The molecule has 0 saturated carbocycles. The van der Waals surface area contributed by atoms with E-state index in [1.54, 1.807) is 25.5 Å². The predicted octanol–water partition coefficient (Wildman–Crippen LogP) is 0.787. The first kappa shape index (κ1) is 14.6. The average molecular weight is 304 g/mol. The number of hydrogen-bond acceptors (Lipinski definition) is 7. The summed E-state index contributed by atoms with van der Waals surface area (Å²) in [6.07, 6.45) is 5.58. The average Bonchev–Trinajstić information content (AvgIpc) is 2.94. The fourth-order valence-electron chi connectivity index (χ4n) is 2.56. The fourth-order valence-corrected chi connectivity index (χ4v) is 2.56. The van der Waals surface area contributed by atoms with Crippen LogP contribution in [0.25, 0.3) is 0 Å². The topological polar surface area (TPSA) is 90.0 Å². The predicted molar refractivity (Wildman–Crippen MR) is 78.0 cm³/mol. The van der Waals surface area contributed by atoms with Gasteiger partial charge < -0.3 is 15.4 Å². The van der Waals surface area contributed by atoms with Crippen LogP contribution in [0, 0.1) is 12.7 Å². The van der Waals surface area contributed by atoms with Crippen LogP contribution in [0.2, 0.25) is 0 Å². The molecule has 1 saturated heterocycles. The largest absolute Gasteiger partial charge is 0.479 e. The van der Waals surface area contributed by atoms with Gasteiger partial charge in [-0.1, -0.05) is 0 Å². The Kier molecular flexibility index (Phi) is 3.61. The van der Waals surface area contributed by atoms with Crippen molar-refractivity contribution in [2.75, 3.05) is 25.1 Å². The number of aromatic nitrogens is 4. The molecule has 3 heterocycles. The first-order valence-corrected chi connectivity index (χ1v) is 6.92. The summed E-state index contributed by atoms with van der Waals surface area (Å²) in [5.74, 6) is -0.193. The van der Waals surface area contributed by atoms with Gasteiger partial charge in [0.15, 0.2) is 0 Å². The highest BCUT2D eigenvalue weighted by Crippen LogP contribution is 2.31. The Morgan fingerprint density at radius 3 is 2.86 bits per heavy atom. The number of ether oxygens (including phenoxy) is 1. The van der Waals surface area contributed by atoms with E-state index in [9.17, 15) is 4.39 Å². The van der Waals surface area contributed by atoms with Gasteiger partial charge in [-0.05, 0) is 13.3 Å². The minimum Gasteiger partial charge on any atom is -0.479 e. The molecule has 1 aliphatic heterocycles. The maximum Gasteiger partial charge on any atom is 0.255 e. The normalized spacial score (nSPS) is 21.2. The Balaban J connectivity index is 1.88. The first-order chi connectivity index (χ1) is 10.5. The smallest absolute Gasteiger partial charge is 0.255 e. The van der Waals surface area contributed by atoms with E-state index < -0.39 is 11.4 Å². The SMILES string of the molecule is COc1nc(N2CCC(N)(c3cnccn3)C2)nc(C)c1F. The molecule has 2 N–H and O–H groups in total. The van der Waals surface area contributed by atoms with E-state index in [-0.39, 0.29) is 11.6 Å². The Labute approximate surface area is 127 Å². The van der Waals surface area contributed by atoms with Crippen molar-refractivity contribution in [3.8, 4) is 5.88 Å². The van der Waals surface area contributed by atoms with E-state index in [2.05, 4.69) is 19.9 Å². The van der Waals surface area contributed by atoms with Gasteiger partial charge in [0.1, 0.15) is 0 Å². The number of aryl methyl sites for hydroxylation is 1. The lowest BCUT2D eigenvalue weighted by Gasteiger charge is -2.23. The van der Waals surface area contributed by atoms with Gasteiger partial charge in [0.25, 0.3) is 5.88 Å². The highest BCUT2D eigenvalue weighted by molar-refractivity contribution is 5.39. The second-order valence-electron chi connectivity index (χ2n) is 5.35. The van der Waals surface area contributed by atoms with Gasteiger partial charge in [-0.15, -0.1) is 0 Å². The van der Waals surface area contributed by atoms with Gasteiger partial charge in [0.05, 0.1) is 30.2 Å². The second-order valence-corrected chi connectivity index (χ2v) is 5.35. The zero-order chi connectivity index (χ0) is 15.7. The molecular weight excluding hydrogens is 287 g/mol. The van der Waals surface area contributed by atoms with Crippen LogP contribution in [-0.4, -0.2) is 40.1 Å². The van der Waals surface area contributed by atoms with Gasteiger partial charge in [-0.25, -0.2) is 4.98 Å². The molecule has 8 heteroatoms. The van der Waals surface area contributed by atoms with Crippen LogP contribution in [0.4, 0.5) is 10.3 Å². The molecule has 2 aromatic rings. The number of nitrogens with zero attached hydrogens (tertiary/aromatic N) is 5. The monoisotopic (exact) mass is 304 g/mol. The lowest BCUT2D eigenvalue weighted by Crippen LogP contribution is -2.41. The molecule has 0 amide bonds. The van der Waals surface area contributed by atoms with Crippen molar-refractivity contribution in [1.82, 2.24) is 19.9 Å². The van der Waals surface area contributed by atoms with Crippen LogP contribution in [0.5, 0.6) is 5.88 Å². The van der Waals surface area contributed by atoms with Crippen LogP contribution in [0.1, 0.15) is 17.8 Å². The van der Waals surface area contributed by atoms with E-state index in [4.69, 9.17) is 10.5 Å². The number of anilines is 1. The molecule has 22 heavy (non-hydrogen) atoms. The summed E-state index contributed by atoms with van der Waals surface area (Å²) in [4.78, 5) is 18.6. The zero-order valence-electron chi connectivity index (χ0n) is 12.5. The van der Waals surface area contributed by atoms with Crippen molar-refractivity contribution < 1.29 is 9.13 Å². The molecular formula is C14H17FN6O. The molecule has 1 aliphatic rings. The number of rotatable bonds is 3. The van der Waals surface area contributed by atoms with Crippen LogP contribution >= 0.6 is 0 Å². The van der Waals surface area contributed by atoms with Crippen molar-refractivity contribution >= 4 is 5.95 Å². The molecule has 2 aromatic heterocycles. The number of hydrogen-bond donors (Lipinski definition) is 1. The van der Waals surface area contributed by atoms with Crippen LogP contribution < -0.4 is 15.4 Å². The van der Waals surface area contributed by atoms with Crippen LogP contribution in [-0.2, 0) is 5.54 Å². The summed E-state index contributed by atoms with van der Waals surface area (Å²) < 4.78 is 18.7. The maximum atomic E-state index is 13.8. The van der Waals surface area contributed by atoms with Gasteiger partial charge in [-0.3, -0.25) is 9.97 Å². The lowest BCUT2D eigenvalue weighted by atomic mass is 9.96. The van der Waals surface area contributed by atoms with Crippen molar-refractivity contribution in [1.29, 1.82) is 0 Å². The summed E-state index contributed by atoms with van der Waals surface area (Å²) >= 11 is 0. The van der Waals surface area contributed by atoms with Gasteiger partial charge in [-0.2, -0.15) is 9.37 Å².